The van der Waals surface area contributed by atoms with E-state index in [2.05, 4.69) is 20.8 Å². The van der Waals surface area contributed by atoms with E-state index in [1.165, 1.54) is 12.8 Å². The van der Waals surface area contributed by atoms with Crippen molar-refractivity contribution in [1.29, 1.82) is 0 Å². The molecular weight excluding hydrogens is 98.1 g/mol. The SMILES string of the molecule is CCC[C@H](C)[C@@H](C)N. The Balaban J connectivity index is 3.17. The summed E-state index contributed by atoms with van der Waals surface area (Å²) in [6.07, 6.45) is 2.51. The highest BCUT2D eigenvalue weighted by Gasteiger charge is 2.03. The molecule has 0 aliphatic rings. The minimum absolute atomic E-state index is 0.370. The molecular formula is C7H17N. The Morgan fingerprint density at radius 2 is 1.88 bits per heavy atom. The molecule has 0 aromatic rings. The first-order valence-corrected chi connectivity index (χ1v) is 3.44. The first-order chi connectivity index (χ1) is 3.68. The van der Waals surface area contributed by atoms with Crippen LogP contribution in [0.5, 0.6) is 0 Å². The Morgan fingerprint density at radius 1 is 1.38 bits per heavy atom. The standard InChI is InChI=1S/C7H17N/c1-4-5-6(2)7(3)8/h6-7H,4-5,8H2,1-3H3/t6-,7+/m0/s1. The summed E-state index contributed by atoms with van der Waals surface area (Å²) in [6, 6.07) is 0.370. The molecule has 2 atom stereocenters. The lowest BCUT2D eigenvalue weighted by Gasteiger charge is -2.12. The summed E-state index contributed by atoms with van der Waals surface area (Å²) < 4.78 is 0. The highest BCUT2D eigenvalue weighted by molar-refractivity contribution is 4.61. The van der Waals surface area contributed by atoms with Crippen molar-refractivity contribution in [2.24, 2.45) is 11.7 Å². The summed E-state index contributed by atoms with van der Waals surface area (Å²) in [4.78, 5) is 0. The van der Waals surface area contributed by atoms with Gasteiger partial charge in [-0.25, -0.2) is 0 Å². The molecule has 2 N–H and O–H groups in total. The van der Waals surface area contributed by atoms with Gasteiger partial charge in [0.15, 0.2) is 0 Å². The average molecular weight is 115 g/mol. The Kier molecular flexibility index (Phi) is 3.88. The zero-order chi connectivity index (χ0) is 6.57. The summed E-state index contributed by atoms with van der Waals surface area (Å²) in [6.45, 7) is 6.47. The van der Waals surface area contributed by atoms with E-state index in [0.29, 0.717) is 12.0 Å². The van der Waals surface area contributed by atoms with Crippen LogP contribution in [0.15, 0.2) is 0 Å². The van der Waals surface area contributed by atoms with Crippen molar-refractivity contribution < 1.29 is 0 Å². The molecule has 0 radical (unpaired) electrons. The van der Waals surface area contributed by atoms with E-state index in [1.807, 2.05) is 0 Å². The normalized spacial score (nSPS) is 18.0. The lowest BCUT2D eigenvalue weighted by atomic mass is 9.99. The van der Waals surface area contributed by atoms with Crippen molar-refractivity contribution in [3.05, 3.63) is 0 Å². The predicted molar refractivity (Wildman–Crippen MR) is 37.7 cm³/mol. The fourth-order valence-corrected chi connectivity index (χ4v) is 0.718. The molecule has 0 unspecified atom stereocenters. The average Bonchev–Trinajstić information content (AvgIpc) is 1.67. The van der Waals surface area contributed by atoms with Gasteiger partial charge in [-0.1, -0.05) is 20.3 Å². The van der Waals surface area contributed by atoms with Crippen molar-refractivity contribution in [3.8, 4) is 0 Å². The van der Waals surface area contributed by atoms with Crippen LogP contribution < -0.4 is 5.73 Å². The maximum atomic E-state index is 5.62. The van der Waals surface area contributed by atoms with Gasteiger partial charge in [0, 0.05) is 6.04 Å². The summed E-state index contributed by atoms with van der Waals surface area (Å²) in [5.74, 6) is 0.694. The highest BCUT2D eigenvalue weighted by Crippen LogP contribution is 2.06. The second-order valence-electron chi connectivity index (χ2n) is 2.63. The zero-order valence-electron chi connectivity index (χ0n) is 6.15. The van der Waals surface area contributed by atoms with E-state index >= 15 is 0 Å². The van der Waals surface area contributed by atoms with Crippen LogP contribution in [0.3, 0.4) is 0 Å². The fourth-order valence-electron chi connectivity index (χ4n) is 0.718. The van der Waals surface area contributed by atoms with Crippen LogP contribution in [-0.4, -0.2) is 6.04 Å². The van der Waals surface area contributed by atoms with Crippen LogP contribution in [0.1, 0.15) is 33.6 Å². The third kappa shape index (κ3) is 3.03. The third-order valence-corrected chi connectivity index (χ3v) is 1.64. The van der Waals surface area contributed by atoms with Crippen LogP contribution in [0, 0.1) is 5.92 Å². The smallest absolute Gasteiger partial charge is 0.00361 e. The Morgan fingerprint density at radius 3 is 2.00 bits per heavy atom. The number of rotatable bonds is 3. The molecule has 0 heterocycles. The Hall–Kier alpha value is -0.0400. The maximum Gasteiger partial charge on any atom is 0.00361 e. The molecule has 0 aliphatic carbocycles. The molecule has 0 aromatic carbocycles. The summed E-state index contributed by atoms with van der Waals surface area (Å²) >= 11 is 0. The zero-order valence-corrected chi connectivity index (χ0v) is 6.15. The van der Waals surface area contributed by atoms with E-state index in [1.54, 1.807) is 0 Å². The second kappa shape index (κ2) is 3.90. The number of hydrogen-bond acceptors (Lipinski definition) is 1. The van der Waals surface area contributed by atoms with Crippen LogP contribution in [-0.2, 0) is 0 Å². The van der Waals surface area contributed by atoms with Gasteiger partial charge in [0.2, 0.25) is 0 Å². The summed E-state index contributed by atoms with van der Waals surface area (Å²) in [5.41, 5.74) is 5.62. The van der Waals surface area contributed by atoms with E-state index in [4.69, 9.17) is 5.73 Å². The molecule has 0 aromatic heterocycles. The summed E-state index contributed by atoms with van der Waals surface area (Å²) in [5, 5.41) is 0. The Bertz CT molecular complexity index is 50.3. The minimum Gasteiger partial charge on any atom is -0.328 e. The quantitative estimate of drug-likeness (QED) is 0.596. The van der Waals surface area contributed by atoms with Crippen molar-refractivity contribution in [3.63, 3.8) is 0 Å². The topological polar surface area (TPSA) is 26.0 Å². The largest absolute Gasteiger partial charge is 0.328 e. The summed E-state index contributed by atoms with van der Waals surface area (Å²) in [7, 11) is 0. The molecule has 1 heteroatoms. The van der Waals surface area contributed by atoms with Gasteiger partial charge in [0.1, 0.15) is 0 Å². The highest BCUT2D eigenvalue weighted by atomic mass is 14.6. The van der Waals surface area contributed by atoms with Gasteiger partial charge < -0.3 is 5.73 Å². The van der Waals surface area contributed by atoms with Crippen LogP contribution in [0.2, 0.25) is 0 Å². The van der Waals surface area contributed by atoms with Gasteiger partial charge in [0.25, 0.3) is 0 Å². The van der Waals surface area contributed by atoms with Crippen molar-refractivity contribution in [2.45, 2.75) is 39.7 Å². The van der Waals surface area contributed by atoms with Crippen LogP contribution in [0.25, 0.3) is 0 Å². The first-order valence-electron chi connectivity index (χ1n) is 3.44. The van der Waals surface area contributed by atoms with Gasteiger partial charge in [-0.2, -0.15) is 0 Å². The van der Waals surface area contributed by atoms with Gasteiger partial charge in [0.05, 0.1) is 0 Å². The molecule has 50 valence electrons. The van der Waals surface area contributed by atoms with Crippen LogP contribution in [0.4, 0.5) is 0 Å². The molecule has 0 aliphatic heterocycles. The minimum atomic E-state index is 0.370. The van der Waals surface area contributed by atoms with E-state index in [-0.39, 0.29) is 0 Å². The second-order valence-corrected chi connectivity index (χ2v) is 2.63. The molecule has 0 saturated heterocycles. The predicted octanol–water partition coefficient (Wildman–Crippen LogP) is 1.77. The lowest BCUT2D eigenvalue weighted by Crippen LogP contribution is -2.23. The fraction of sp³-hybridized carbons (Fsp3) is 1.00. The number of hydrogen-bond donors (Lipinski definition) is 1. The van der Waals surface area contributed by atoms with Gasteiger partial charge in [-0.05, 0) is 19.3 Å². The van der Waals surface area contributed by atoms with Gasteiger partial charge >= 0.3 is 0 Å². The molecule has 0 rings (SSSR count). The van der Waals surface area contributed by atoms with Crippen molar-refractivity contribution >= 4 is 0 Å². The molecule has 0 bridgehead atoms. The first kappa shape index (κ1) is 7.96. The monoisotopic (exact) mass is 115 g/mol. The molecule has 0 spiro atoms. The third-order valence-electron chi connectivity index (χ3n) is 1.64. The molecule has 0 saturated carbocycles. The van der Waals surface area contributed by atoms with Crippen LogP contribution >= 0.6 is 0 Å². The van der Waals surface area contributed by atoms with Crippen molar-refractivity contribution in [2.75, 3.05) is 0 Å². The maximum absolute atomic E-state index is 5.62. The lowest BCUT2D eigenvalue weighted by molar-refractivity contribution is 0.446. The molecule has 0 fully saturated rings. The van der Waals surface area contributed by atoms with E-state index in [0.717, 1.165) is 0 Å². The van der Waals surface area contributed by atoms with Gasteiger partial charge in [-0.15, -0.1) is 0 Å². The van der Waals surface area contributed by atoms with Gasteiger partial charge in [-0.3, -0.25) is 0 Å². The van der Waals surface area contributed by atoms with E-state index in [9.17, 15) is 0 Å². The molecule has 8 heavy (non-hydrogen) atoms. The van der Waals surface area contributed by atoms with E-state index < -0.39 is 0 Å². The molecule has 0 amide bonds. The number of nitrogens with two attached hydrogens (primary N) is 1. The Labute approximate surface area is 52.3 Å². The van der Waals surface area contributed by atoms with Crippen molar-refractivity contribution in [1.82, 2.24) is 0 Å². The molecule has 1 nitrogen and oxygen atoms in total.